The van der Waals surface area contributed by atoms with E-state index in [9.17, 15) is 24.8 Å². The van der Waals surface area contributed by atoms with Crippen molar-refractivity contribution in [3.8, 4) is 11.5 Å². The zero-order chi connectivity index (χ0) is 20.4. The first-order chi connectivity index (χ1) is 13.3. The Morgan fingerprint density at radius 3 is 2.82 bits per heavy atom. The number of thiocarbonyl (C=S) groups is 1. The second-order valence-electron chi connectivity index (χ2n) is 5.28. The van der Waals surface area contributed by atoms with E-state index in [0.29, 0.717) is 4.88 Å². The number of hydrogen-bond acceptors (Lipinski definition) is 9. The molecule has 1 fully saturated rings. The number of hydrazine groups is 1. The molecule has 2 heterocycles. The monoisotopic (exact) mass is 437 g/mol. The number of nitrogens with one attached hydrogen (secondary N) is 1. The van der Waals surface area contributed by atoms with E-state index >= 15 is 0 Å². The number of phenolic OH excluding ortho intramolecular Hbond substituents is 1. The van der Waals surface area contributed by atoms with Gasteiger partial charge in [-0.3, -0.25) is 25.1 Å². The number of hydrogen-bond donors (Lipinski definition) is 2. The standard InChI is InChI=1S/C16H11N3O6S3/c1-25-10-6-8(5-9(13(10)20)19(23)24)7-12-15(22)18(16(26)28-12)17-14(21)11-3-2-4-27-11/h2-7,20H,1H3,(H,17,21)/b12-7+. The molecule has 28 heavy (non-hydrogen) atoms. The van der Waals surface area contributed by atoms with Gasteiger partial charge in [0.25, 0.3) is 11.8 Å². The van der Waals surface area contributed by atoms with Crippen LogP contribution in [-0.4, -0.2) is 38.3 Å². The van der Waals surface area contributed by atoms with Crippen LogP contribution in [0.4, 0.5) is 5.69 Å². The van der Waals surface area contributed by atoms with Crippen LogP contribution in [0.2, 0.25) is 0 Å². The minimum absolute atomic E-state index is 0.109. The van der Waals surface area contributed by atoms with E-state index in [1.807, 2.05) is 0 Å². The minimum atomic E-state index is -0.762. The highest BCUT2D eigenvalue weighted by Gasteiger charge is 2.34. The highest BCUT2D eigenvalue weighted by atomic mass is 32.2. The average Bonchev–Trinajstić information content (AvgIpc) is 3.27. The predicted octanol–water partition coefficient (Wildman–Crippen LogP) is 2.92. The molecular formula is C16H11N3O6S3. The van der Waals surface area contributed by atoms with E-state index in [0.717, 1.165) is 22.8 Å². The zero-order valence-corrected chi connectivity index (χ0v) is 16.5. The molecule has 1 saturated heterocycles. The number of benzene rings is 1. The first kappa shape index (κ1) is 19.8. The van der Waals surface area contributed by atoms with Crippen LogP contribution in [0, 0.1) is 10.1 Å². The zero-order valence-electron chi connectivity index (χ0n) is 14.1. The van der Waals surface area contributed by atoms with Crippen LogP contribution >= 0.6 is 35.3 Å². The Labute approximate surface area is 171 Å². The van der Waals surface area contributed by atoms with Crippen molar-refractivity contribution in [2.75, 3.05) is 7.11 Å². The van der Waals surface area contributed by atoms with E-state index in [1.54, 1.807) is 17.5 Å². The Morgan fingerprint density at radius 1 is 1.46 bits per heavy atom. The van der Waals surface area contributed by atoms with Crippen LogP contribution in [-0.2, 0) is 4.79 Å². The van der Waals surface area contributed by atoms with Gasteiger partial charge in [0.1, 0.15) is 0 Å². The van der Waals surface area contributed by atoms with Crippen molar-refractivity contribution in [1.29, 1.82) is 0 Å². The third-order valence-electron chi connectivity index (χ3n) is 3.54. The van der Waals surface area contributed by atoms with Crippen molar-refractivity contribution >= 4 is 63.2 Å². The van der Waals surface area contributed by atoms with Crippen molar-refractivity contribution in [2.24, 2.45) is 0 Å². The number of carbonyl (C=O) groups excluding carboxylic acids is 2. The topological polar surface area (TPSA) is 122 Å². The molecule has 0 radical (unpaired) electrons. The molecule has 2 aromatic rings. The van der Waals surface area contributed by atoms with Gasteiger partial charge in [0.2, 0.25) is 5.75 Å². The van der Waals surface area contributed by atoms with Crippen molar-refractivity contribution < 1.29 is 24.4 Å². The molecule has 1 aromatic carbocycles. The number of nitro groups is 1. The molecule has 2 N–H and O–H groups in total. The van der Waals surface area contributed by atoms with Crippen LogP contribution in [0.5, 0.6) is 11.5 Å². The number of amides is 2. The average molecular weight is 437 g/mol. The molecule has 3 rings (SSSR count). The number of phenols is 1. The van der Waals surface area contributed by atoms with E-state index in [4.69, 9.17) is 17.0 Å². The number of thioether (sulfide) groups is 1. The van der Waals surface area contributed by atoms with Gasteiger partial charge in [-0.05, 0) is 41.4 Å². The lowest BCUT2D eigenvalue weighted by molar-refractivity contribution is -0.386. The normalized spacial score (nSPS) is 15.2. The molecule has 144 valence electrons. The fraction of sp³-hybridized carbons (Fsp3) is 0.0625. The third-order valence-corrected chi connectivity index (χ3v) is 5.71. The second-order valence-corrected chi connectivity index (χ2v) is 7.91. The van der Waals surface area contributed by atoms with Gasteiger partial charge >= 0.3 is 5.69 Å². The van der Waals surface area contributed by atoms with Gasteiger partial charge in [-0.2, -0.15) is 5.01 Å². The molecule has 0 unspecified atom stereocenters. The summed E-state index contributed by atoms with van der Waals surface area (Å²) in [5, 5.41) is 23.6. The first-order valence-electron chi connectivity index (χ1n) is 7.49. The molecular weight excluding hydrogens is 426 g/mol. The van der Waals surface area contributed by atoms with Crippen LogP contribution in [0.15, 0.2) is 34.6 Å². The Hall–Kier alpha value is -2.96. The number of methoxy groups -OCH3 is 1. The maximum absolute atomic E-state index is 12.6. The molecule has 1 aromatic heterocycles. The lowest BCUT2D eigenvalue weighted by Crippen LogP contribution is -2.44. The van der Waals surface area contributed by atoms with Gasteiger partial charge in [-0.1, -0.05) is 17.8 Å². The third kappa shape index (κ3) is 3.83. The molecule has 9 nitrogen and oxygen atoms in total. The number of nitrogens with zero attached hydrogens (tertiary/aromatic N) is 2. The predicted molar refractivity (Wildman–Crippen MR) is 108 cm³/mol. The number of carbonyl (C=O) groups is 2. The lowest BCUT2D eigenvalue weighted by Gasteiger charge is -2.14. The van der Waals surface area contributed by atoms with Crippen molar-refractivity contribution in [3.63, 3.8) is 0 Å². The van der Waals surface area contributed by atoms with Crippen LogP contribution < -0.4 is 10.2 Å². The summed E-state index contributed by atoms with van der Waals surface area (Å²) in [5.41, 5.74) is 2.13. The van der Waals surface area contributed by atoms with Crippen LogP contribution in [0.1, 0.15) is 15.2 Å². The summed E-state index contributed by atoms with van der Waals surface area (Å²) in [4.78, 5) is 35.7. The molecule has 1 aliphatic heterocycles. The van der Waals surface area contributed by atoms with Gasteiger partial charge in [-0.15, -0.1) is 11.3 Å². The Morgan fingerprint density at radius 2 is 2.21 bits per heavy atom. The summed E-state index contributed by atoms with van der Waals surface area (Å²) >= 11 is 7.28. The van der Waals surface area contributed by atoms with E-state index in [-0.39, 0.29) is 20.5 Å². The molecule has 0 bridgehead atoms. The summed E-state index contributed by atoms with van der Waals surface area (Å²) in [7, 11) is 1.25. The van der Waals surface area contributed by atoms with Crippen LogP contribution in [0.3, 0.4) is 0 Å². The van der Waals surface area contributed by atoms with E-state index < -0.39 is 28.2 Å². The smallest absolute Gasteiger partial charge is 0.315 e. The second kappa shape index (κ2) is 7.96. The maximum Gasteiger partial charge on any atom is 0.315 e. The largest absolute Gasteiger partial charge is 0.500 e. The van der Waals surface area contributed by atoms with E-state index in [2.05, 4.69) is 5.43 Å². The van der Waals surface area contributed by atoms with Gasteiger partial charge in [0.15, 0.2) is 10.1 Å². The number of thiophene rings is 1. The van der Waals surface area contributed by atoms with Gasteiger partial charge in [0, 0.05) is 6.07 Å². The molecule has 0 aliphatic carbocycles. The molecule has 2 amide bonds. The van der Waals surface area contributed by atoms with Crippen molar-refractivity contribution in [3.05, 3.63) is 55.1 Å². The summed E-state index contributed by atoms with van der Waals surface area (Å²) in [5.74, 6) is -1.77. The van der Waals surface area contributed by atoms with Crippen molar-refractivity contribution in [1.82, 2.24) is 10.4 Å². The Bertz CT molecular complexity index is 1020. The minimum Gasteiger partial charge on any atom is -0.500 e. The lowest BCUT2D eigenvalue weighted by atomic mass is 10.1. The molecule has 0 atom stereocenters. The quantitative estimate of drug-likeness (QED) is 0.317. The van der Waals surface area contributed by atoms with Gasteiger partial charge in [-0.25, -0.2) is 0 Å². The first-order valence-corrected chi connectivity index (χ1v) is 9.60. The number of aromatic hydroxyl groups is 1. The number of nitro benzene ring substituents is 1. The van der Waals surface area contributed by atoms with Gasteiger partial charge in [0.05, 0.1) is 21.8 Å². The highest BCUT2D eigenvalue weighted by molar-refractivity contribution is 8.26. The number of ether oxygens (including phenoxy) is 1. The maximum atomic E-state index is 12.6. The van der Waals surface area contributed by atoms with Crippen molar-refractivity contribution in [2.45, 2.75) is 0 Å². The summed E-state index contributed by atoms with van der Waals surface area (Å²) < 4.78 is 5.05. The fourth-order valence-corrected chi connectivity index (χ4v) is 4.06. The summed E-state index contributed by atoms with van der Waals surface area (Å²) in [6.07, 6.45) is 1.37. The molecule has 0 saturated carbocycles. The fourth-order valence-electron chi connectivity index (χ4n) is 2.27. The Kier molecular flexibility index (Phi) is 5.63. The van der Waals surface area contributed by atoms with E-state index in [1.165, 1.54) is 30.6 Å². The SMILES string of the molecule is COc1cc(/C=C2/SC(=S)N(NC(=O)c3cccs3)C2=O)cc([N+](=O)[O-])c1O. The van der Waals surface area contributed by atoms with Crippen LogP contribution in [0.25, 0.3) is 6.08 Å². The summed E-state index contributed by atoms with van der Waals surface area (Å²) in [6, 6.07) is 5.76. The highest BCUT2D eigenvalue weighted by Crippen LogP contribution is 2.39. The Balaban J connectivity index is 1.88. The molecule has 12 heteroatoms. The molecule has 1 aliphatic rings. The van der Waals surface area contributed by atoms with Gasteiger partial charge < -0.3 is 9.84 Å². The number of rotatable bonds is 5. The summed E-state index contributed by atoms with van der Waals surface area (Å²) in [6.45, 7) is 0. The molecule has 0 spiro atoms.